The lowest BCUT2D eigenvalue weighted by Gasteiger charge is -2.04. The summed E-state index contributed by atoms with van der Waals surface area (Å²) in [4.78, 5) is 0. The van der Waals surface area contributed by atoms with Crippen LogP contribution in [0.4, 0.5) is 0 Å². The van der Waals surface area contributed by atoms with Crippen molar-refractivity contribution in [2.75, 3.05) is 0 Å². The van der Waals surface area contributed by atoms with Gasteiger partial charge in [-0.15, -0.1) is 0 Å². The first-order valence-electron chi connectivity index (χ1n) is 6.49. The zero-order valence-corrected chi connectivity index (χ0v) is 12.2. The molecular formula is C18H11BrO. The Hall–Kier alpha value is -2.06. The molecule has 0 aliphatic rings. The summed E-state index contributed by atoms with van der Waals surface area (Å²) >= 11 is 3.58. The van der Waals surface area contributed by atoms with Crippen LogP contribution in [0.2, 0.25) is 0 Å². The molecule has 0 N–H and O–H groups in total. The van der Waals surface area contributed by atoms with Gasteiger partial charge in [0.2, 0.25) is 0 Å². The molecule has 3 aromatic carbocycles. The fourth-order valence-corrected chi connectivity index (χ4v) is 3.10. The number of fused-ring (bicyclic) bond motifs is 3. The van der Waals surface area contributed by atoms with E-state index in [9.17, 15) is 0 Å². The smallest absolute Gasteiger partial charge is 0.137 e. The van der Waals surface area contributed by atoms with Crippen LogP contribution in [0.1, 0.15) is 0 Å². The Labute approximate surface area is 125 Å². The van der Waals surface area contributed by atoms with E-state index in [1.165, 1.54) is 16.5 Å². The standard InChI is InChI=1S/C18H11BrO/c19-13-10-15(12-6-2-1-3-7-12)18-14-8-4-5-9-16(14)20-17(18)11-13/h1-11H. The van der Waals surface area contributed by atoms with E-state index in [0.717, 1.165) is 21.0 Å². The summed E-state index contributed by atoms with van der Waals surface area (Å²) in [6.07, 6.45) is 0. The summed E-state index contributed by atoms with van der Waals surface area (Å²) in [5, 5.41) is 2.34. The fraction of sp³-hybridized carbons (Fsp3) is 0. The van der Waals surface area contributed by atoms with Crippen molar-refractivity contribution in [2.45, 2.75) is 0 Å². The highest BCUT2D eigenvalue weighted by Crippen LogP contribution is 2.38. The Kier molecular flexibility index (Phi) is 2.64. The van der Waals surface area contributed by atoms with Crippen LogP contribution in [-0.4, -0.2) is 0 Å². The van der Waals surface area contributed by atoms with Gasteiger partial charge in [-0.05, 0) is 29.3 Å². The number of hydrogen-bond donors (Lipinski definition) is 0. The van der Waals surface area contributed by atoms with Crippen molar-refractivity contribution in [3.63, 3.8) is 0 Å². The number of furan rings is 1. The van der Waals surface area contributed by atoms with Crippen LogP contribution >= 0.6 is 15.9 Å². The van der Waals surface area contributed by atoms with Crippen molar-refractivity contribution in [1.29, 1.82) is 0 Å². The second-order valence-corrected chi connectivity index (χ2v) is 5.71. The molecule has 1 nitrogen and oxygen atoms in total. The summed E-state index contributed by atoms with van der Waals surface area (Å²) in [6, 6.07) is 22.8. The van der Waals surface area contributed by atoms with Crippen LogP contribution in [-0.2, 0) is 0 Å². The second-order valence-electron chi connectivity index (χ2n) is 4.79. The molecule has 0 radical (unpaired) electrons. The molecule has 1 aromatic heterocycles. The molecule has 4 rings (SSSR count). The van der Waals surface area contributed by atoms with Gasteiger partial charge in [-0.25, -0.2) is 0 Å². The van der Waals surface area contributed by atoms with E-state index < -0.39 is 0 Å². The number of hydrogen-bond acceptors (Lipinski definition) is 1. The molecule has 0 saturated carbocycles. The van der Waals surface area contributed by atoms with Gasteiger partial charge in [0.25, 0.3) is 0 Å². The van der Waals surface area contributed by atoms with Gasteiger partial charge in [0.05, 0.1) is 0 Å². The predicted molar refractivity (Wildman–Crippen MR) is 86.9 cm³/mol. The van der Waals surface area contributed by atoms with Gasteiger partial charge in [0, 0.05) is 15.2 Å². The Balaban J connectivity index is 2.19. The largest absolute Gasteiger partial charge is 0.456 e. The lowest BCUT2D eigenvalue weighted by molar-refractivity contribution is 0.669. The molecule has 0 aliphatic carbocycles. The predicted octanol–water partition coefficient (Wildman–Crippen LogP) is 6.02. The minimum atomic E-state index is 0.916. The average Bonchev–Trinajstić information content (AvgIpc) is 2.85. The Morgan fingerprint density at radius 3 is 2.35 bits per heavy atom. The van der Waals surface area contributed by atoms with E-state index in [0.29, 0.717) is 0 Å². The molecule has 0 amide bonds. The first-order valence-corrected chi connectivity index (χ1v) is 7.28. The summed E-state index contributed by atoms with van der Waals surface area (Å²) in [5.41, 5.74) is 4.24. The molecule has 2 heteroatoms. The number of halogens is 1. The molecule has 96 valence electrons. The minimum Gasteiger partial charge on any atom is -0.456 e. The quantitative estimate of drug-likeness (QED) is 0.418. The van der Waals surface area contributed by atoms with E-state index in [1.54, 1.807) is 0 Å². The number of para-hydroxylation sites is 1. The lowest BCUT2D eigenvalue weighted by atomic mass is 10.00. The van der Waals surface area contributed by atoms with E-state index in [2.05, 4.69) is 52.3 Å². The van der Waals surface area contributed by atoms with Gasteiger partial charge in [-0.1, -0.05) is 64.5 Å². The maximum Gasteiger partial charge on any atom is 0.137 e. The van der Waals surface area contributed by atoms with Crippen molar-refractivity contribution < 1.29 is 4.42 Å². The van der Waals surface area contributed by atoms with Crippen molar-refractivity contribution in [2.24, 2.45) is 0 Å². The monoisotopic (exact) mass is 322 g/mol. The van der Waals surface area contributed by atoms with Gasteiger partial charge >= 0.3 is 0 Å². The van der Waals surface area contributed by atoms with Crippen LogP contribution in [0.5, 0.6) is 0 Å². The molecular weight excluding hydrogens is 312 g/mol. The van der Waals surface area contributed by atoms with Crippen molar-refractivity contribution in [1.82, 2.24) is 0 Å². The zero-order chi connectivity index (χ0) is 13.5. The van der Waals surface area contributed by atoms with E-state index in [-0.39, 0.29) is 0 Å². The number of rotatable bonds is 1. The average molecular weight is 323 g/mol. The fourth-order valence-electron chi connectivity index (χ4n) is 2.67. The topological polar surface area (TPSA) is 13.1 Å². The molecule has 4 aromatic rings. The number of benzene rings is 3. The van der Waals surface area contributed by atoms with Gasteiger partial charge in [-0.2, -0.15) is 0 Å². The van der Waals surface area contributed by atoms with Gasteiger partial charge in [0.1, 0.15) is 11.2 Å². The Morgan fingerprint density at radius 2 is 1.50 bits per heavy atom. The van der Waals surface area contributed by atoms with Crippen LogP contribution in [0.15, 0.2) is 75.6 Å². The highest BCUT2D eigenvalue weighted by atomic mass is 79.9. The van der Waals surface area contributed by atoms with Crippen molar-refractivity contribution >= 4 is 37.9 Å². The van der Waals surface area contributed by atoms with Crippen LogP contribution in [0.3, 0.4) is 0 Å². The normalized spacial score (nSPS) is 11.2. The minimum absolute atomic E-state index is 0.916. The summed E-state index contributed by atoms with van der Waals surface area (Å²) < 4.78 is 7.00. The van der Waals surface area contributed by atoms with E-state index >= 15 is 0 Å². The second kappa shape index (κ2) is 4.50. The van der Waals surface area contributed by atoms with E-state index in [4.69, 9.17) is 4.42 Å². The Morgan fingerprint density at radius 1 is 0.750 bits per heavy atom. The summed E-state index contributed by atoms with van der Waals surface area (Å²) in [5.74, 6) is 0. The summed E-state index contributed by atoms with van der Waals surface area (Å²) in [6.45, 7) is 0. The molecule has 0 spiro atoms. The van der Waals surface area contributed by atoms with Gasteiger partial charge in [0.15, 0.2) is 0 Å². The third-order valence-corrected chi connectivity index (χ3v) is 3.99. The third kappa shape index (κ3) is 1.76. The van der Waals surface area contributed by atoms with Crippen molar-refractivity contribution in [3.05, 3.63) is 71.2 Å². The maximum atomic E-state index is 5.97. The molecule has 0 bridgehead atoms. The first kappa shape index (κ1) is 11.7. The molecule has 0 atom stereocenters. The summed E-state index contributed by atoms with van der Waals surface area (Å²) in [7, 11) is 0. The zero-order valence-electron chi connectivity index (χ0n) is 10.6. The lowest BCUT2D eigenvalue weighted by Crippen LogP contribution is -1.79. The van der Waals surface area contributed by atoms with Crippen LogP contribution in [0, 0.1) is 0 Å². The van der Waals surface area contributed by atoms with Crippen molar-refractivity contribution in [3.8, 4) is 11.1 Å². The first-order chi connectivity index (χ1) is 9.83. The maximum absolute atomic E-state index is 5.97. The van der Waals surface area contributed by atoms with Gasteiger partial charge in [-0.3, -0.25) is 0 Å². The molecule has 0 saturated heterocycles. The molecule has 20 heavy (non-hydrogen) atoms. The van der Waals surface area contributed by atoms with Gasteiger partial charge < -0.3 is 4.42 Å². The molecule has 0 aliphatic heterocycles. The molecule has 0 unspecified atom stereocenters. The highest BCUT2D eigenvalue weighted by Gasteiger charge is 2.13. The molecule has 0 fully saturated rings. The third-order valence-electron chi connectivity index (χ3n) is 3.53. The SMILES string of the molecule is Brc1cc(-c2ccccc2)c2c(c1)oc1ccccc12. The molecule has 1 heterocycles. The highest BCUT2D eigenvalue weighted by molar-refractivity contribution is 9.10. The Bertz CT molecular complexity index is 907. The van der Waals surface area contributed by atoms with E-state index in [1.807, 2.05) is 30.3 Å². The van der Waals surface area contributed by atoms with Crippen LogP contribution < -0.4 is 0 Å². The van der Waals surface area contributed by atoms with Crippen LogP contribution in [0.25, 0.3) is 33.1 Å².